The number of guanidine groups is 1. The highest BCUT2D eigenvalue weighted by Gasteiger charge is 2.46. The Kier molecular flexibility index (Phi) is 4.60. The van der Waals surface area contributed by atoms with Gasteiger partial charge >= 0.3 is 0 Å². The number of nitrogens with one attached hydrogen (secondary N) is 2. The van der Waals surface area contributed by atoms with Gasteiger partial charge in [-0.25, -0.2) is 0 Å². The molecule has 0 aromatic heterocycles. The second-order valence-electron chi connectivity index (χ2n) is 5.89. The van der Waals surface area contributed by atoms with E-state index in [-0.39, 0.29) is 0 Å². The Balaban J connectivity index is 2.04. The van der Waals surface area contributed by atoms with Crippen molar-refractivity contribution >= 4 is 11.6 Å². The molecule has 0 radical (unpaired) electrons. The van der Waals surface area contributed by atoms with E-state index in [1.54, 1.807) is 14.2 Å². The fourth-order valence-corrected chi connectivity index (χ4v) is 2.19. The molecule has 116 valence electrons. The number of anilines is 1. The van der Waals surface area contributed by atoms with E-state index in [2.05, 4.69) is 29.5 Å². The summed E-state index contributed by atoms with van der Waals surface area (Å²) in [6.45, 7) is 7.06. The van der Waals surface area contributed by atoms with E-state index in [1.807, 2.05) is 25.1 Å². The molecule has 1 unspecified atom stereocenters. The van der Waals surface area contributed by atoms with Crippen LogP contribution in [0.25, 0.3) is 0 Å². The topological polar surface area (TPSA) is 54.9 Å². The fraction of sp³-hybridized carbons (Fsp3) is 0.562. The van der Waals surface area contributed by atoms with Crippen molar-refractivity contribution in [1.82, 2.24) is 5.32 Å². The van der Waals surface area contributed by atoms with E-state index in [0.717, 1.165) is 17.4 Å². The van der Waals surface area contributed by atoms with Gasteiger partial charge in [-0.1, -0.05) is 13.8 Å². The number of hydrogen-bond donors (Lipinski definition) is 2. The first-order valence-electron chi connectivity index (χ1n) is 7.31. The first-order valence-corrected chi connectivity index (χ1v) is 7.31. The first-order chi connectivity index (χ1) is 10.00. The van der Waals surface area contributed by atoms with Gasteiger partial charge in [-0.05, 0) is 30.9 Å². The number of rotatable bonds is 5. The maximum atomic E-state index is 5.52. The number of aliphatic imine (C=N–C) groups is 1. The van der Waals surface area contributed by atoms with Gasteiger partial charge in [0.1, 0.15) is 0 Å². The van der Waals surface area contributed by atoms with Crippen LogP contribution in [0.15, 0.2) is 23.2 Å². The van der Waals surface area contributed by atoms with Crippen molar-refractivity contribution in [2.75, 3.05) is 26.1 Å². The molecule has 1 aliphatic carbocycles. The zero-order valence-corrected chi connectivity index (χ0v) is 13.5. The minimum Gasteiger partial charge on any atom is -0.493 e. The second kappa shape index (κ2) is 6.24. The number of methoxy groups -OCH3 is 1. The molecule has 1 saturated carbocycles. The second-order valence-corrected chi connectivity index (χ2v) is 5.89. The summed E-state index contributed by atoms with van der Waals surface area (Å²) in [5.74, 6) is 2.23. The third-order valence-electron chi connectivity index (χ3n) is 3.77. The van der Waals surface area contributed by atoms with E-state index in [4.69, 9.17) is 9.47 Å². The van der Waals surface area contributed by atoms with Crippen molar-refractivity contribution < 1.29 is 9.47 Å². The highest BCUT2D eigenvalue weighted by molar-refractivity contribution is 5.94. The summed E-state index contributed by atoms with van der Waals surface area (Å²) in [7, 11) is 3.41. The Morgan fingerprint density at radius 2 is 2.10 bits per heavy atom. The molecule has 0 heterocycles. The Morgan fingerprint density at radius 3 is 2.62 bits per heavy atom. The number of ether oxygens (including phenoxy) is 2. The van der Waals surface area contributed by atoms with E-state index in [1.165, 1.54) is 6.42 Å². The van der Waals surface area contributed by atoms with Crippen molar-refractivity contribution in [2.24, 2.45) is 10.4 Å². The van der Waals surface area contributed by atoms with Gasteiger partial charge in [0.2, 0.25) is 0 Å². The third-order valence-corrected chi connectivity index (χ3v) is 3.77. The normalized spacial score (nSPS) is 19.9. The van der Waals surface area contributed by atoms with Gasteiger partial charge in [0.05, 0.1) is 13.7 Å². The monoisotopic (exact) mass is 291 g/mol. The van der Waals surface area contributed by atoms with E-state index in [9.17, 15) is 0 Å². The molecule has 1 atom stereocenters. The number of benzene rings is 1. The van der Waals surface area contributed by atoms with Crippen LogP contribution in [-0.2, 0) is 0 Å². The van der Waals surface area contributed by atoms with Crippen LogP contribution in [0.4, 0.5) is 5.69 Å². The first kappa shape index (κ1) is 15.5. The van der Waals surface area contributed by atoms with E-state index in [0.29, 0.717) is 23.8 Å². The molecule has 0 bridgehead atoms. The van der Waals surface area contributed by atoms with Gasteiger partial charge < -0.3 is 20.1 Å². The predicted octanol–water partition coefficient (Wildman–Crippen LogP) is 2.88. The van der Waals surface area contributed by atoms with Crippen LogP contribution in [-0.4, -0.2) is 32.8 Å². The maximum absolute atomic E-state index is 5.52. The fourth-order valence-electron chi connectivity index (χ4n) is 2.19. The molecule has 1 aromatic rings. The Morgan fingerprint density at radius 1 is 1.38 bits per heavy atom. The lowest BCUT2D eigenvalue weighted by molar-refractivity contribution is 0.311. The van der Waals surface area contributed by atoms with Crippen molar-refractivity contribution in [1.29, 1.82) is 0 Å². The van der Waals surface area contributed by atoms with E-state index < -0.39 is 0 Å². The molecule has 0 amide bonds. The highest BCUT2D eigenvalue weighted by Crippen LogP contribution is 2.44. The predicted molar refractivity (Wildman–Crippen MR) is 86.5 cm³/mol. The molecule has 2 rings (SSSR count). The largest absolute Gasteiger partial charge is 0.493 e. The van der Waals surface area contributed by atoms with Crippen LogP contribution in [0.2, 0.25) is 0 Å². The van der Waals surface area contributed by atoms with Crippen molar-refractivity contribution in [2.45, 2.75) is 33.2 Å². The summed E-state index contributed by atoms with van der Waals surface area (Å²) < 4.78 is 10.9. The standard InChI is InChI=1S/C16H25N3O2/c1-6-21-12-8-7-11(9-13(12)20-5)18-15(17-4)19-14-10-16(14,2)3/h7-9,14H,6,10H2,1-5H3,(H2,17,18,19). The van der Waals surface area contributed by atoms with Gasteiger partial charge in [-0.15, -0.1) is 0 Å². The Hall–Kier alpha value is -1.91. The lowest BCUT2D eigenvalue weighted by atomic mass is 10.2. The molecule has 5 nitrogen and oxygen atoms in total. The number of hydrogen-bond acceptors (Lipinski definition) is 3. The molecular weight excluding hydrogens is 266 g/mol. The van der Waals surface area contributed by atoms with Crippen molar-refractivity contribution in [3.63, 3.8) is 0 Å². The van der Waals surface area contributed by atoms with Gasteiger partial charge in [-0.3, -0.25) is 4.99 Å². The van der Waals surface area contributed by atoms with Gasteiger partial charge in [0, 0.05) is 24.8 Å². The quantitative estimate of drug-likeness (QED) is 0.647. The molecule has 1 aliphatic rings. The average Bonchev–Trinajstić information content (AvgIpc) is 3.06. The van der Waals surface area contributed by atoms with Crippen molar-refractivity contribution in [3.05, 3.63) is 18.2 Å². The lowest BCUT2D eigenvalue weighted by Crippen LogP contribution is -2.34. The van der Waals surface area contributed by atoms with Crippen molar-refractivity contribution in [3.8, 4) is 11.5 Å². The van der Waals surface area contributed by atoms with Gasteiger partial charge in [-0.2, -0.15) is 0 Å². The van der Waals surface area contributed by atoms with Crippen LogP contribution in [0.5, 0.6) is 11.5 Å². The lowest BCUT2D eigenvalue weighted by Gasteiger charge is -2.15. The average molecular weight is 291 g/mol. The Labute approximate surface area is 126 Å². The molecule has 2 N–H and O–H groups in total. The minimum absolute atomic E-state index is 0.355. The molecular formula is C16H25N3O2. The molecule has 0 saturated heterocycles. The summed E-state index contributed by atoms with van der Waals surface area (Å²) in [4.78, 5) is 4.27. The smallest absolute Gasteiger partial charge is 0.195 e. The third kappa shape index (κ3) is 3.80. The Bertz CT molecular complexity index is 526. The zero-order valence-electron chi connectivity index (χ0n) is 13.5. The summed E-state index contributed by atoms with van der Waals surface area (Å²) in [6.07, 6.45) is 1.17. The molecule has 1 fully saturated rings. The molecule has 0 aliphatic heterocycles. The molecule has 21 heavy (non-hydrogen) atoms. The van der Waals surface area contributed by atoms with Crippen LogP contribution in [0.1, 0.15) is 27.2 Å². The zero-order chi connectivity index (χ0) is 15.5. The number of nitrogens with zero attached hydrogens (tertiary/aromatic N) is 1. The molecule has 5 heteroatoms. The summed E-state index contributed by atoms with van der Waals surface area (Å²) in [5, 5.41) is 6.71. The maximum Gasteiger partial charge on any atom is 0.195 e. The summed E-state index contributed by atoms with van der Waals surface area (Å²) in [5.41, 5.74) is 1.27. The SMILES string of the molecule is CCOc1ccc(NC(=NC)NC2CC2(C)C)cc1OC. The molecule has 0 spiro atoms. The van der Waals surface area contributed by atoms with Crippen LogP contribution in [0.3, 0.4) is 0 Å². The molecule has 1 aromatic carbocycles. The summed E-state index contributed by atoms with van der Waals surface area (Å²) in [6, 6.07) is 6.25. The minimum atomic E-state index is 0.355. The van der Waals surface area contributed by atoms with E-state index >= 15 is 0 Å². The highest BCUT2D eigenvalue weighted by atomic mass is 16.5. The van der Waals surface area contributed by atoms with Gasteiger partial charge in [0.15, 0.2) is 17.5 Å². The summed E-state index contributed by atoms with van der Waals surface area (Å²) >= 11 is 0. The van der Waals surface area contributed by atoms with Crippen LogP contribution >= 0.6 is 0 Å². The van der Waals surface area contributed by atoms with Crippen LogP contribution in [0, 0.1) is 5.41 Å². The van der Waals surface area contributed by atoms with Crippen LogP contribution < -0.4 is 20.1 Å². The van der Waals surface area contributed by atoms with Gasteiger partial charge in [0.25, 0.3) is 0 Å².